The van der Waals surface area contributed by atoms with Crippen molar-refractivity contribution in [1.82, 2.24) is 0 Å². The van der Waals surface area contributed by atoms with Gasteiger partial charge in [0.1, 0.15) is 5.71 Å². The van der Waals surface area contributed by atoms with Crippen LogP contribution in [0.4, 0.5) is 11.4 Å². The Labute approximate surface area is 150 Å². The molecule has 22 heavy (non-hydrogen) atoms. The van der Waals surface area contributed by atoms with Gasteiger partial charge in [-0.2, -0.15) is 0 Å². The minimum atomic E-state index is -0.199. The van der Waals surface area contributed by atoms with Crippen LogP contribution in [0.3, 0.4) is 0 Å². The number of halogens is 3. The van der Waals surface area contributed by atoms with Crippen molar-refractivity contribution < 1.29 is 4.79 Å². The molecule has 0 fully saturated rings. The van der Waals surface area contributed by atoms with E-state index in [4.69, 9.17) is 11.6 Å². The van der Waals surface area contributed by atoms with Crippen LogP contribution >= 0.6 is 43.5 Å². The smallest absolute Gasteiger partial charge is 0.275 e. The van der Waals surface area contributed by atoms with E-state index in [1.165, 1.54) is 0 Å². The van der Waals surface area contributed by atoms with Gasteiger partial charge in [-0.1, -0.05) is 27.5 Å². The van der Waals surface area contributed by atoms with Crippen molar-refractivity contribution in [1.29, 1.82) is 0 Å². The molecule has 1 heterocycles. The number of hydrogen-bond donors (Lipinski definition) is 1. The quantitative estimate of drug-likeness (QED) is 0.618. The van der Waals surface area contributed by atoms with Crippen molar-refractivity contribution in [2.45, 2.75) is 13.8 Å². The number of aryl methyl sites for hydroxylation is 2. The lowest BCUT2D eigenvalue weighted by Crippen LogP contribution is -2.14. The summed E-state index contributed by atoms with van der Waals surface area (Å²) in [5.41, 5.74) is 4.64. The standard InChI is InChI=1S/C16H11Br2ClN2O/c1-7-4-11(18)12(19)6-13(7)20-15-10-5-9(17)3-8(2)14(10)21-16(15)22/h3-6H,1-2H3,(H,20,21,22). The Bertz CT molecular complexity index is 847. The maximum Gasteiger partial charge on any atom is 0.275 e. The Morgan fingerprint density at radius 2 is 1.82 bits per heavy atom. The summed E-state index contributed by atoms with van der Waals surface area (Å²) >= 11 is 13.0. The SMILES string of the molecule is Cc1cc(Br)c(Cl)cc1N=C1C(=O)Nc2c(C)cc(Br)cc21. The van der Waals surface area contributed by atoms with Crippen LogP contribution in [-0.2, 0) is 4.79 Å². The van der Waals surface area contributed by atoms with E-state index in [0.717, 1.165) is 31.3 Å². The van der Waals surface area contributed by atoms with Gasteiger partial charge in [-0.25, -0.2) is 4.99 Å². The lowest BCUT2D eigenvalue weighted by Gasteiger charge is -2.05. The van der Waals surface area contributed by atoms with Crippen LogP contribution in [0.25, 0.3) is 0 Å². The summed E-state index contributed by atoms with van der Waals surface area (Å²) in [6.07, 6.45) is 0. The highest BCUT2D eigenvalue weighted by Crippen LogP contribution is 2.34. The molecule has 0 radical (unpaired) electrons. The molecule has 0 bridgehead atoms. The number of carbonyl (C=O) groups excluding carboxylic acids is 1. The first-order chi connectivity index (χ1) is 10.4. The van der Waals surface area contributed by atoms with Gasteiger partial charge < -0.3 is 5.32 Å². The van der Waals surface area contributed by atoms with Crippen molar-refractivity contribution >= 4 is 66.5 Å². The maximum atomic E-state index is 12.3. The van der Waals surface area contributed by atoms with Crippen molar-refractivity contribution in [3.05, 3.63) is 54.9 Å². The highest BCUT2D eigenvalue weighted by molar-refractivity contribution is 9.10. The molecule has 0 aliphatic carbocycles. The van der Waals surface area contributed by atoms with Crippen LogP contribution in [0.1, 0.15) is 16.7 Å². The molecule has 3 nitrogen and oxygen atoms in total. The number of carbonyl (C=O) groups is 1. The summed E-state index contributed by atoms with van der Waals surface area (Å²) in [7, 11) is 0. The molecule has 112 valence electrons. The van der Waals surface area contributed by atoms with Crippen molar-refractivity contribution in [3.63, 3.8) is 0 Å². The van der Waals surface area contributed by atoms with Gasteiger partial charge in [0.2, 0.25) is 0 Å². The van der Waals surface area contributed by atoms with Crippen LogP contribution in [0.2, 0.25) is 5.02 Å². The minimum absolute atomic E-state index is 0.199. The number of nitrogens with one attached hydrogen (secondary N) is 1. The molecular formula is C16H11Br2ClN2O. The second-order valence-corrected chi connectivity index (χ2v) is 7.29. The Morgan fingerprint density at radius 3 is 2.55 bits per heavy atom. The van der Waals surface area contributed by atoms with E-state index >= 15 is 0 Å². The van der Waals surface area contributed by atoms with Gasteiger partial charge in [0.05, 0.1) is 16.4 Å². The van der Waals surface area contributed by atoms with Gasteiger partial charge in [-0.05, 0) is 65.2 Å². The average molecular weight is 443 g/mol. The highest BCUT2D eigenvalue weighted by atomic mass is 79.9. The Morgan fingerprint density at radius 1 is 1.09 bits per heavy atom. The summed E-state index contributed by atoms with van der Waals surface area (Å²) in [5.74, 6) is -0.199. The van der Waals surface area contributed by atoms with Gasteiger partial charge >= 0.3 is 0 Å². The first-order valence-corrected chi connectivity index (χ1v) is 8.49. The Hall–Kier alpha value is -1.17. The number of anilines is 1. The molecule has 2 aromatic carbocycles. The average Bonchev–Trinajstić information content (AvgIpc) is 2.73. The summed E-state index contributed by atoms with van der Waals surface area (Å²) < 4.78 is 1.73. The monoisotopic (exact) mass is 440 g/mol. The number of benzene rings is 2. The molecule has 0 aromatic heterocycles. The minimum Gasteiger partial charge on any atom is -0.320 e. The molecule has 1 amide bonds. The fourth-order valence-electron chi connectivity index (χ4n) is 2.38. The third-order valence-electron chi connectivity index (χ3n) is 3.48. The summed E-state index contributed by atoms with van der Waals surface area (Å²) in [6.45, 7) is 3.88. The van der Waals surface area contributed by atoms with Crippen LogP contribution in [0.5, 0.6) is 0 Å². The van der Waals surface area contributed by atoms with Gasteiger partial charge in [-0.15, -0.1) is 0 Å². The zero-order valence-corrected chi connectivity index (χ0v) is 15.7. The van der Waals surface area contributed by atoms with Gasteiger partial charge in [-0.3, -0.25) is 4.79 Å². The first kappa shape index (κ1) is 15.7. The lowest BCUT2D eigenvalue weighted by atomic mass is 10.1. The predicted octanol–water partition coefficient (Wildman–Crippen LogP) is 5.55. The van der Waals surface area contributed by atoms with Crippen LogP contribution < -0.4 is 5.32 Å². The Balaban J connectivity index is 2.18. The maximum absolute atomic E-state index is 12.3. The van der Waals surface area contributed by atoms with Crippen molar-refractivity contribution in [2.24, 2.45) is 4.99 Å². The number of rotatable bonds is 1. The molecule has 1 aliphatic rings. The molecule has 0 saturated heterocycles. The summed E-state index contributed by atoms with van der Waals surface area (Å²) in [4.78, 5) is 16.8. The molecule has 0 spiro atoms. The number of amides is 1. The Kier molecular flexibility index (Phi) is 4.14. The fourth-order valence-corrected chi connectivity index (χ4v) is 3.57. The second-order valence-electron chi connectivity index (χ2n) is 5.11. The molecule has 2 aromatic rings. The van der Waals surface area contributed by atoms with E-state index in [1.807, 2.05) is 32.0 Å². The molecule has 0 saturated carbocycles. The molecule has 0 atom stereocenters. The topological polar surface area (TPSA) is 41.5 Å². The normalized spacial score (nSPS) is 15.1. The van der Waals surface area contributed by atoms with E-state index in [9.17, 15) is 4.79 Å². The fraction of sp³-hybridized carbons (Fsp3) is 0.125. The first-order valence-electron chi connectivity index (χ1n) is 6.53. The number of fused-ring (bicyclic) bond motifs is 1. The lowest BCUT2D eigenvalue weighted by molar-refractivity contribution is -0.110. The largest absolute Gasteiger partial charge is 0.320 e. The van der Waals surface area contributed by atoms with Crippen LogP contribution in [0.15, 0.2) is 38.2 Å². The van der Waals surface area contributed by atoms with E-state index in [1.54, 1.807) is 6.07 Å². The van der Waals surface area contributed by atoms with E-state index < -0.39 is 0 Å². The summed E-state index contributed by atoms with van der Waals surface area (Å²) in [6, 6.07) is 7.50. The van der Waals surface area contributed by atoms with E-state index in [2.05, 4.69) is 42.2 Å². The highest BCUT2D eigenvalue weighted by Gasteiger charge is 2.28. The third-order valence-corrected chi connectivity index (χ3v) is 5.14. The molecule has 1 N–H and O–H groups in total. The summed E-state index contributed by atoms with van der Waals surface area (Å²) in [5, 5.41) is 3.44. The molecular weight excluding hydrogens is 431 g/mol. The van der Waals surface area contributed by atoms with Gasteiger partial charge in [0.15, 0.2) is 0 Å². The predicted molar refractivity (Wildman–Crippen MR) is 97.6 cm³/mol. The zero-order valence-electron chi connectivity index (χ0n) is 11.8. The molecule has 0 unspecified atom stereocenters. The van der Waals surface area contributed by atoms with E-state index in [0.29, 0.717) is 16.4 Å². The molecule has 1 aliphatic heterocycles. The van der Waals surface area contributed by atoms with Gasteiger partial charge in [0, 0.05) is 14.5 Å². The zero-order chi connectivity index (χ0) is 16.0. The van der Waals surface area contributed by atoms with Crippen molar-refractivity contribution in [2.75, 3.05) is 5.32 Å². The number of nitrogens with zero attached hydrogens (tertiary/aromatic N) is 1. The third kappa shape index (κ3) is 2.73. The molecule has 3 rings (SSSR count). The molecule has 6 heteroatoms. The van der Waals surface area contributed by atoms with Crippen LogP contribution in [-0.4, -0.2) is 11.6 Å². The number of hydrogen-bond acceptors (Lipinski definition) is 2. The van der Waals surface area contributed by atoms with E-state index in [-0.39, 0.29) is 5.91 Å². The second kappa shape index (κ2) is 5.80. The van der Waals surface area contributed by atoms with Crippen LogP contribution in [0, 0.1) is 13.8 Å². The number of aliphatic imine (C=N–C) groups is 1. The van der Waals surface area contributed by atoms with Crippen molar-refractivity contribution in [3.8, 4) is 0 Å². The van der Waals surface area contributed by atoms with Gasteiger partial charge in [0.25, 0.3) is 5.91 Å².